The van der Waals surface area contributed by atoms with Crippen LogP contribution in [0.1, 0.15) is 13.3 Å². The summed E-state index contributed by atoms with van der Waals surface area (Å²) in [4.78, 5) is 0. The van der Waals surface area contributed by atoms with Crippen molar-refractivity contribution in [2.75, 3.05) is 39.5 Å². The van der Waals surface area contributed by atoms with Gasteiger partial charge in [-0.1, -0.05) is 6.08 Å². The molecule has 0 heterocycles. The Morgan fingerprint density at radius 2 is 1.94 bits per heavy atom. The molecule has 6 heteroatoms. The third kappa shape index (κ3) is 9.95. The highest BCUT2D eigenvalue weighted by atomic mass is 32.2. The van der Waals surface area contributed by atoms with Crippen LogP contribution in [0, 0.1) is 0 Å². The molecule has 0 aliphatic rings. The topological polar surface area (TPSA) is 63.6 Å². The van der Waals surface area contributed by atoms with Crippen molar-refractivity contribution < 1.29 is 22.2 Å². The van der Waals surface area contributed by atoms with Crippen LogP contribution in [0.5, 0.6) is 0 Å². The van der Waals surface area contributed by atoms with Gasteiger partial charge in [0.2, 0.25) is 0 Å². The third-order valence-electron chi connectivity index (χ3n) is 2.21. The molecule has 0 unspecified atom stereocenters. The molecule has 16 heavy (non-hydrogen) atoms. The smallest absolute Gasteiger partial charge is 0.265 e. The average molecular weight is 252 g/mol. The second-order valence-electron chi connectivity index (χ2n) is 4.36. The minimum Gasteiger partial charge on any atom is -0.496 e. The Balaban J connectivity index is 3.78. The van der Waals surface area contributed by atoms with Crippen LogP contribution in [0.15, 0.2) is 12.3 Å². The summed E-state index contributed by atoms with van der Waals surface area (Å²) >= 11 is 0. The zero-order valence-electron chi connectivity index (χ0n) is 10.2. The molecule has 0 saturated carbocycles. The van der Waals surface area contributed by atoms with Gasteiger partial charge in [0.05, 0.1) is 32.7 Å². The Labute approximate surface area is 98.0 Å². The van der Waals surface area contributed by atoms with Gasteiger partial charge in [-0.05, 0) is 6.92 Å². The highest BCUT2D eigenvalue weighted by Gasteiger charge is 2.16. The fraction of sp³-hybridized carbons (Fsp3) is 0.800. The Morgan fingerprint density at radius 3 is 2.44 bits per heavy atom. The van der Waals surface area contributed by atoms with Crippen molar-refractivity contribution >= 4 is 10.1 Å². The maximum absolute atomic E-state index is 10.5. The first kappa shape index (κ1) is 15.4. The molecule has 0 atom stereocenters. The lowest BCUT2D eigenvalue weighted by molar-refractivity contribution is -0.890. The summed E-state index contributed by atoms with van der Waals surface area (Å²) in [6.07, 6.45) is 3.91. The van der Waals surface area contributed by atoms with Gasteiger partial charge in [-0.3, -0.25) is 4.55 Å². The van der Waals surface area contributed by atoms with Gasteiger partial charge in [0, 0.05) is 6.42 Å². The molecule has 0 rings (SSSR count). The second-order valence-corrected chi connectivity index (χ2v) is 5.93. The average Bonchev–Trinajstić information content (AvgIpc) is 2.10. The predicted molar refractivity (Wildman–Crippen MR) is 63.6 cm³/mol. The van der Waals surface area contributed by atoms with E-state index in [1.807, 2.05) is 27.1 Å². The molecule has 0 bridgehead atoms. The molecular formula is C10H22NO4S+. The summed E-state index contributed by atoms with van der Waals surface area (Å²) in [5, 5.41) is 0. The minimum absolute atomic E-state index is 0.176. The number of ether oxygens (including phenoxy) is 1. The quantitative estimate of drug-likeness (QED) is 0.301. The van der Waals surface area contributed by atoms with Crippen molar-refractivity contribution in [2.45, 2.75) is 13.3 Å². The normalized spacial score (nSPS) is 13.2. The van der Waals surface area contributed by atoms with Crippen LogP contribution in [-0.4, -0.2) is 57.0 Å². The van der Waals surface area contributed by atoms with Crippen molar-refractivity contribution in [1.82, 2.24) is 0 Å². The van der Waals surface area contributed by atoms with Crippen molar-refractivity contribution in [2.24, 2.45) is 0 Å². The number of quaternary nitrogens is 1. The highest BCUT2D eigenvalue weighted by Crippen LogP contribution is 2.01. The van der Waals surface area contributed by atoms with E-state index >= 15 is 0 Å². The molecule has 0 aromatic carbocycles. The summed E-state index contributed by atoms with van der Waals surface area (Å²) in [6, 6.07) is 0. The van der Waals surface area contributed by atoms with Crippen molar-refractivity contribution in [3.05, 3.63) is 12.3 Å². The van der Waals surface area contributed by atoms with E-state index in [-0.39, 0.29) is 5.75 Å². The van der Waals surface area contributed by atoms with Crippen LogP contribution < -0.4 is 0 Å². The van der Waals surface area contributed by atoms with E-state index in [1.54, 1.807) is 6.26 Å². The van der Waals surface area contributed by atoms with Gasteiger partial charge >= 0.3 is 0 Å². The van der Waals surface area contributed by atoms with Crippen LogP contribution in [0.25, 0.3) is 0 Å². The fourth-order valence-corrected chi connectivity index (χ4v) is 1.74. The van der Waals surface area contributed by atoms with E-state index in [0.29, 0.717) is 24.1 Å². The molecule has 5 nitrogen and oxygen atoms in total. The maximum Gasteiger partial charge on any atom is 0.265 e. The van der Waals surface area contributed by atoms with Gasteiger partial charge in [0.25, 0.3) is 10.1 Å². The number of rotatable bonds is 8. The summed E-state index contributed by atoms with van der Waals surface area (Å²) in [5.74, 6) is -0.176. The Hall–Kier alpha value is -0.590. The Kier molecular flexibility index (Phi) is 6.62. The van der Waals surface area contributed by atoms with Gasteiger partial charge in [-0.2, -0.15) is 8.42 Å². The lowest BCUT2D eigenvalue weighted by Crippen LogP contribution is -2.43. The molecule has 0 aromatic rings. The van der Waals surface area contributed by atoms with Crippen molar-refractivity contribution in [3.8, 4) is 0 Å². The van der Waals surface area contributed by atoms with Crippen LogP contribution >= 0.6 is 0 Å². The van der Waals surface area contributed by atoms with E-state index in [4.69, 9.17) is 9.29 Å². The van der Waals surface area contributed by atoms with Gasteiger partial charge in [0.15, 0.2) is 0 Å². The van der Waals surface area contributed by atoms with Gasteiger partial charge in [-0.25, -0.2) is 0 Å². The largest absolute Gasteiger partial charge is 0.496 e. The molecular weight excluding hydrogens is 230 g/mol. The number of hydrogen-bond acceptors (Lipinski definition) is 3. The zero-order chi connectivity index (χ0) is 12.7. The second kappa shape index (κ2) is 6.88. The standard InChI is InChI=1S/C10H21NO4S/c1-4-8-15-9-7-11(2,3)6-5-10-16(12,13)14/h4,8H,5-7,9-10H2,1-3H3/p+1. The molecule has 0 aromatic heterocycles. The molecule has 0 radical (unpaired) electrons. The summed E-state index contributed by atoms with van der Waals surface area (Å²) < 4.78 is 35.5. The van der Waals surface area contributed by atoms with Gasteiger partial charge in [0.1, 0.15) is 13.2 Å². The van der Waals surface area contributed by atoms with Crippen LogP contribution in [0.4, 0.5) is 0 Å². The number of likely N-dealkylation sites (N-methyl/N-ethyl adjacent to an activating group) is 1. The molecule has 0 saturated heterocycles. The Morgan fingerprint density at radius 1 is 1.31 bits per heavy atom. The lowest BCUT2D eigenvalue weighted by atomic mass is 10.4. The van der Waals surface area contributed by atoms with Crippen molar-refractivity contribution in [3.63, 3.8) is 0 Å². The molecule has 1 N–H and O–H groups in total. The highest BCUT2D eigenvalue weighted by molar-refractivity contribution is 7.85. The maximum atomic E-state index is 10.5. The molecule has 0 aliphatic carbocycles. The number of nitrogens with zero attached hydrogens (tertiary/aromatic N) is 1. The first-order valence-corrected chi connectivity index (χ1v) is 6.88. The molecule has 0 spiro atoms. The monoisotopic (exact) mass is 252 g/mol. The first-order valence-electron chi connectivity index (χ1n) is 5.27. The third-order valence-corrected chi connectivity index (χ3v) is 3.02. The summed E-state index contributed by atoms with van der Waals surface area (Å²) in [6.45, 7) is 3.98. The Bertz CT molecular complexity index is 309. The molecule has 0 amide bonds. The van der Waals surface area contributed by atoms with E-state index in [9.17, 15) is 8.42 Å². The van der Waals surface area contributed by atoms with Crippen LogP contribution in [0.2, 0.25) is 0 Å². The van der Waals surface area contributed by atoms with Gasteiger partial charge in [-0.15, -0.1) is 0 Å². The molecule has 0 fully saturated rings. The SMILES string of the molecule is CC=COCC[N+](C)(C)CCCS(=O)(=O)O. The minimum atomic E-state index is -3.83. The van der Waals surface area contributed by atoms with E-state index in [1.165, 1.54) is 0 Å². The van der Waals surface area contributed by atoms with Crippen LogP contribution in [0.3, 0.4) is 0 Å². The van der Waals surface area contributed by atoms with E-state index in [2.05, 4.69) is 0 Å². The van der Waals surface area contributed by atoms with E-state index < -0.39 is 10.1 Å². The molecule has 0 aliphatic heterocycles. The van der Waals surface area contributed by atoms with Crippen LogP contribution in [-0.2, 0) is 14.9 Å². The first-order chi connectivity index (χ1) is 7.27. The predicted octanol–water partition coefficient (Wildman–Crippen LogP) is 0.891. The zero-order valence-corrected chi connectivity index (χ0v) is 11.0. The van der Waals surface area contributed by atoms with Crippen molar-refractivity contribution in [1.29, 1.82) is 0 Å². The number of allylic oxidation sites excluding steroid dienone is 1. The van der Waals surface area contributed by atoms with E-state index in [0.717, 1.165) is 6.54 Å². The van der Waals surface area contributed by atoms with Gasteiger partial charge < -0.3 is 9.22 Å². The fourth-order valence-electron chi connectivity index (χ4n) is 1.25. The lowest BCUT2D eigenvalue weighted by Gasteiger charge is -2.29. The molecule has 96 valence electrons. The summed E-state index contributed by atoms with van der Waals surface area (Å²) in [7, 11) is 0.178. The summed E-state index contributed by atoms with van der Waals surface area (Å²) in [5.41, 5.74) is 0. The number of hydrogen-bond donors (Lipinski definition) is 1.